The molecule has 2 heteroatoms. The van der Waals surface area contributed by atoms with Gasteiger partial charge in [-0.3, -0.25) is 9.78 Å². The van der Waals surface area contributed by atoms with E-state index >= 15 is 0 Å². The fraction of sp³-hybridized carbons (Fsp3) is 0.571. The van der Waals surface area contributed by atoms with E-state index in [2.05, 4.69) is 18.8 Å². The number of aryl methyl sites for hydroxylation is 1. The van der Waals surface area contributed by atoms with Crippen molar-refractivity contribution < 1.29 is 4.79 Å². The number of aromatic nitrogens is 1. The molecule has 1 aromatic rings. The number of carbonyl (C=O) groups is 1. The maximum atomic E-state index is 11.3. The Morgan fingerprint density at radius 3 is 2.44 bits per heavy atom. The molecule has 1 heterocycles. The fourth-order valence-corrected chi connectivity index (χ4v) is 1.92. The molecule has 0 N–H and O–H groups in total. The van der Waals surface area contributed by atoms with Gasteiger partial charge in [0, 0.05) is 17.0 Å². The Morgan fingerprint density at radius 1 is 1.31 bits per heavy atom. The molecule has 0 fully saturated rings. The average Bonchev–Trinajstić information content (AvgIpc) is 2.25. The second-order valence-electron chi connectivity index (χ2n) is 4.43. The van der Waals surface area contributed by atoms with Crippen LogP contribution in [-0.4, -0.2) is 10.8 Å². The second kappa shape index (κ2) is 5.78. The molecule has 1 rings (SSSR count). The molecule has 0 bridgehead atoms. The topological polar surface area (TPSA) is 30.0 Å². The molecule has 0 amide bonds. The number of pyridine rings is 1. The molecule has 0 spiro atoms. The SMILES string of the molecule is CCC(CC)Cc1cc(C(C)=O)cc(C)n1. The van der Waals surface area contributed by atoms with Gasteiger partial charge in [0.25, 0.3) is 0 Å². The third kappa shape index (κ3) is 3.44. The van der Waals surface area contributed by atoms with Crippen molar-refractivity contribution in [3.05, 3.63) is 29.1 Å². The summed E-state index contributed by atoms with van der Waals surface area (Å²) in [5, 5.41) is 0. The van der Waals surface area contributed by atoms with E-state index in [-0.39, 0.29) is 5.78 Å². The molecule has 0 aliphatic carbocycles. The maximum Gasteiger partial charge on any atom is 0.159 e. The van der Waals surface area contributed by atoms with Gasteiger partial charge < -0.3 is 0 Å². The molecule has 0 radical (unpaired) electrons. The van der Waals surface area contributed by atoms with E-state index in [1.807, 2.05) is 19.1 Å². The van der Waals surface area contributed by atoms with Crippen molar-refractivity contribution in [2.75, 3.05) is 0 Å². The first-order chi connectivity index (χ1) is 7.56. The van der Waals surface area contributed by atoms with Crippen LogP contribution in [-0.2, 0) is 6.42 Å². The number of hydrogen-bond acceptors (Lipinski definition) is 2. The number of rotatable bonds is 5. The first-order valence-electron chi connectivity index (χ1n) is 6.05. The zero-order chi connectivity index (χ0) is 12.1. The van der Waals surface area contributed by atoms with E-state index < -0.39 is 0 Å². The first-order valence-corrected chi connectivity index (χ1v) is 6.05. The molecular formula is C14H21NO. The predicted molar refractivity (Wildman–Crippen MR) is 66.8 cm³/mol. The predicted octanol–water partition coefficient (Wildman–Crippen LogP) is 3.57. The van der Waals surface area contributed by atoms with E-state index in [0.29, 0.717) is 5.92 Å². The Kier molecular flexibility index (Phi) is 4.66. The van der Waals surface area contributed by atoms with Crippen molar-refractivity contribution in [3.63, 3.8) is 0 Å². The van der Waals surface area contributed by atoms with Crippen molar-refractivity contribution >= 4 is 5.78 Å². The number of Topliss-reactive ketones (excluding diaryl/α,β-unsaturated/α-hetero) is 1. The summed E-state index contributed by atoms with van der Waals surface area (Å²) in [5.74, 6) is 0.797. The van der Waals surface area contributed by atoms with Crippen LogP contribution in [0.1, 0.15) is 55.4 Å². The molecule has 0 unspecified atom stereocenters. The van der Waals surface area contributed by atoms with Gasteiger partial charge in [0.15, 0.2) is 5.78 Å². The monoisotopic (exact) mass is 219 g/mol. The summed E-state index contributed by atoms with van der Waals surface area (Å²) >= 11 is 0. The molecule has 0 saturated carbocycles. The standard InChI is InChI=1S/C14H21NO/c1-5-12(6-2)8-14-9-13(11(4)16)7-10(3)15-14/h7,9,12H,5-6,8H2,1-4H3. The smallest absolute Gasteiger partial charge is 0.159 e. The Bertz CT molecular complexity index is 367. The van der Waals surface area contributed by atoms with Crippen LogP contribution < -0.4 is 0 Å². The quantitative estimate of drug-likeness (QED) is 0.709. The molecule has 1 aromatic heterocycles. The maximum absolute atomic E-state index is 11.3. The van der Waals surface area contributed by atoms with Crippen LogP contribution in [0.15, 0.2) is 12.1 Å². The summed E-state index contributed by atoms with van der Waals surface area (Å²) in [7, 11) is 0. The molecule has 16 heavy (non-hydrogen) atoms. The van der Waals surface area contributed by atoms with Crippen molar-refractivity contribution in [1.29, 1.82) is 0 Å². The highest BCUT2D eigenvalue weighted by molar-refractivity contribution is 5.94. The van der Waals surface area contributed by atoms with Crippen LogP contribution >= 0.6 is 0 Å². The van der Waals surface area contributed by atoms with Gasteiger partial charge in [-0.15, -0.1) is 0 Å². The number of nitrogens with zero attached hydrogens (tertiary/aromatic N) is 1. The van der Waals surface area contributed by atoms with Crippen LogP contribution in [0.5, 0.6) is 0 Å². The summed E-state index contributed by atoms with van der Waals surface area (Å²) in [6.07, 6.45) is 3.32. The van der Waals surface area contributed by atoms with E-state index in [0.717, 1.165) is 23.4 Å². The summed E-state index contributed by atoms with van der Waals surface area (Å²) in [6, 6.07) is 3.80. The summed E-state index contributed by atoms with van der Waals surface area (Å²) in [6.45, 7) is 7.96. The van der Waals surface area contributed by atoms with E-state index in [4.69, 9.17) is 0 Å². The van der Waals surface area contributed by atoms with Gasteiger partial charge in [-0.1, -0.05) is 26.7 Å². The zero-order valence-corrected chi connectivity index (χ0v) is 10.7. The lowest BCUT2D eigenvalue weighted by molar-refractivity contribution is 0.101. The lowest BCUT2D eigenvalue weighted by Crippen LogP contribution is -2.06. The molecule has 88 valence electrons. The summed E-state index contributed by atoms with van der Waals surface area (Å²) in [4.78, 5) is 15.8. The lowest BCUT2D eigenvalue weighted by atomic mass is 9.96. The highest BCUT2D eigenvalue weighted by atomic mass is 16.1. The third-order valence-electron chi connectivity index (χ3n) is 3.07. The Labute approximate surface area is 98.1 Å². The van der Waals surface area contributed by atoms with Gasteiger partial charge in [-0.25, -0.2) is 0 Å². The Hall–Kier alpha value is -1.18. The van der Waals surface area contributed by atoms with Crippen LogP contribution in [0, 0.1) is 12.8 Å². The fourth-order valence-electron chi connectivity index (χ4n) is 1.92. The van der Waals surface area contributed by atoms with Gasteiger partial charge in [0.05, 0.1) is 0 Å². The minimum atomic E-state index is 0.122. The second-order valence-corrected chi connectivity index (χ2v) is 4.43. The summed E-state index contributed by atoms with van der Waals surface area (Å²) in [5.41, 5.74) is 2.78. The van der Waals surface area contributed by atoms with Crippen LogP contribution in [0.4, 0.5) is 0 Å². The van der Waals surface area contributed by atoms with Crippen molar-refractivity contribution in [1.82, 2.24) is 4.98 Å². The Morgan fingerprint density at radius 2 is 1.94 bits per heavy atom. The van der Waals surface area contributed by atoms with Crippen LogP contribution in [0.25, 0.3) is 0 Å². The van der Waals surface area contributed by atoms with Crippen molar-refractivity contribution in [2.45, 2.75) is 47.0 Å². The van der Waals surface area contributed by atoms with Crippen molar-refractivity contribution in [3.8, 4) is 0 Å². The Balaban J connectivity index is 2.91. The molecule has 0 atom stereocenters. The van der Waals surface area contributed by atoms with E-state index in [9.17, 15) is 4.79 Å². The summed E-state index contributed by atoms with van der Waals surface area (Å²) < 4.78 is 0. The molecule has 0 aliphatic rings. The van der Waals surface area contributed by atoms with Gasteiger partial charge >= 0.3 is 0 Å². The molecule has 0 aromatic carbocycles. The highest BCUT2D eigenvalue weighted by Crippen LogP contribution is 2.16. The largest absolute Gasteiger partial charge is 0.295 e. The zero-order valence-electron chi connectivity index (χ0n) is 10.7. The normalized spacial score (nSPS) is 10.8. The minimum absolute atomic E-state index is 0.122. The minimum Gasteiger partial charge on any atom is -0.295 e. The molecular weight excluding hydrogens is 198 g/mol. The van der Waals surface area contributed by atoms with Gasteiger partial charge in [-0.2, -0.15) is 0 Å². The third-order valence-corrected chi connectivity index (χ3v) is 3.07. The van der Waals surface area contributed by atoms with E-state index in [1.54, 1.807) is 6.92 Å². The number of carbonyl (C=O) groups excluding carboxylic acids is 1. The van der Waals surface area contributed by atoms with Gasteiger partial charge in [0.1, 0.15) is 0 Å². The number of hydrogen-bond donors (Lipinski definition) is 0. The molecule has 0 saturated heterocycles. The molecule has 2 nitrogen and oxygen atoms in total. The van der Waals surface area contributed by atoms with E-state index in [1.165, 1.54) is 12.8 Å². The van der Waals surface area contributed by atoms with Gasteiger partial charge in [-0.05, 0) is 38.3 Å². The van der Waals surface area contributed by atoms with Gasteiger partial charge in [0.2, 0.25) is 0 Å². The first kappa shape index (κ1) is 12.9. The highest BCUT2D eigenvalue weighted by Gasteiger charge is 2.09. The average molecular weight is 219 g/mol. The molecule has 0 aliphatic heterocycles. The van der Waals surface area contributed by atoms with Crippen LogP contribution in [0.2, 0.25) is 0 Å². The lowest BCUT2D eigenvalue weighted by Gasteiger charge is -2.12. The van der Waals surface area contributed by atoms with Crippen LogP contribution in [0.3, 0.4) is 0 Å². The van der Waals surface area contributed by atoms with Crippen molar-refractivity contribution in [2.24, 2.45) is 5.92 Å². The number of ketones is 1.